The molecule has 0 aliphatic carbocycles. The molecule has 0 aromatic rings. The zero-order valence-corrected chi connectivity index (χ0v) is 9.81. The molecule has 3 nitrogen and oxygen atoms in total. The van der Waals surface area contributed by atoms with Gasteiger partial charge in [0.25, 0.3) is 0 Å². The predicted octanol–water partition coefficient (Wildman–Crippen LogP) is 1.55. The van der Waals surface area contributed by atoms with Crippen LogP contribution in [0.1, 0.15) is 40.0 Å². The van der Waals surface area contributed by atoms with Crippen molar-refractivity contribution < 1.29 is 9.84 Å². The number of rotatable bonds is 9. The predicted molar refractivity (Wildman–Crippen MR) is 59.5 cm³/mol. The molecule has 3 heteroatoms. The summed E-state index contributed by atoms with van der Waals surface area (Å²) in [6.07, 6.45) is 3.46. The van der Waals surface area contributed by atoms with E-state index in [2.05, 4.69) is 26.1 Å². The molecule has 14 heavy (non-hydrogen) atoms. The highest BCUT2D eigenvalue weighted by Gasteiger charge is 2.21. The molecule has 0 aromatic carbocycles. The molecule has 86 valence electrons. The number of hydrogen-bond acceptors (Lipinski definition) is 3. The van der Waals surface area contributed by atoms with Crippen LogP contribution in [0.4, 0.5) is 0 Å². The Morgan fingerprint density at radius 1 is 1.07 bits per heavy atom. The van der Waals surface area contributed by atoms with Crippen LogP contribution < -0.4 is 5.32 Å². The van der Waals surface area contributed by atoms with Crippen LogP contribution in [0.15, 0.2) is 0 Å². The summed E-state index contributed by atoms with van der Waals surface area (Å²) >= 11 is 0. The molecule has 0 saturated heterocycles. The molecule has 0 bridgehead atoms. The standard InChI is InChI=1S/C11H25NO2/c1-4-11(5-2,6-3)12-7-9-14-10-8-13/h12-13H,4-10H2,1-3H3. The third-order valence-electron chi connectivity index (χ3n) is 3.01. The average molecular weight is 203 g/mol. The van der Waals surface area contributed by atoms with Gasteiger partial charge in [-0.05, 0) is 19.3 Å². The Hall–Kier alpha value is -0.120. The van der Waals surface area contributed by atoms with Gasteiger partial charge in [0.15, 0.2) is 0 Å². The van der Waals surface area contributed by atoms with E-state index in [0.717, 1.165) is 25.8 Å². The molecule has 0 spiro atoms. The first-order chi connectivity index (χ1) is 6.74. The van der Waals surface area contributed by atoms with Gasteiger partial charge in [0.1, 0.15) is 0 Å². The second-order valence-electron chi connectivity index (χ2n) is 3.60. The maximum atomic E-state index is 8.52. The Morgan fingerprint density at radius 3 is 2.07 bits per heavy atom. The summed E-state index contributed by atoms with van der Waals surface area (Å²) in [5.74, 6) is 0. The molecule has 0 atom stereocenters. The summed E-state index contributed by atoms with van der Waals surface area (Å²) in [5.41, 5.74) is 0.280. The lowest BCUT2D eigenvalue weighted by atomic mass is 9.90. The number of aliphatic hydroxyl groups is 1. The Morgan fingerprint density at radius 2 is 1.64 bits per heavy atom. The summed E-state index contributed by atoms with van der Waals surface area (Å²) in [4.78, 5) is 0. The van der Waals surface area contributed by atoms with E-state index in [4.69, 9.17) is 9.84 Å². The Balaban J connectivity index is 3.61. The molecule has 2 N–H and O–H groups in total. The van der Waals surface area contributed by atoms with Crippen molar-refractivity contribution in [2.45, 2.75) is 45.6 Å². The monoisotopic (exact) mass is 203 g/mol. The fraction of sp³-hybridized carbons (Fsp3) is 1.00. The van der Waals surface area contributed by atoms with Gasteiger partial charge in [-0.15, -0.1) is 0 Å². The summed E-state index contributed by atoms with van der Waals surface area (Å²) in [7, 11) is 0. The van der Waals surface area contributed by atoms with Crippen molar-refractivity contribution in [2.75, 3.05) is 26.4 Å². The van der Waals surface area contributed by atoms with Crippen LogP contribution in [0.3, 0.4) is 0 Å². The van der Waals surface area contributed by atoms with Gasteiger partial charge >= 0.3 is 0 Å². The minimum atomic E-state index is 0.112. The van der Waals surface area contributed by atoms with Crippen LogP contribution in [0.5, 0.6) is 0 Å². The van der Waals surface area contributed by atoms with Crippen molar-refractivity contribution in [3.8, 4) is 0 Å². The van der Waals surface area contributed by atoms with E-state index < -0.39 is 0 Å². The lowest BCUT2D eigenvalue weighted by Crippen LogP contribution is -2.45. The number of nitrogens with one attached hydrogen (secondary N) is 1. The second kappa shape index (κ2) is 8.21. The lowest BCUT2D eigenvalue weighted by molar-refractivity contribution is 0.0882. The molecule has 0 rings (SSSR count). The minimum Gasteiger partial charge on any atom is -0.394 e. The van der Waals surface area contributed by atoms with Crippen molar-refractivity contribution in [1.29, 1.82) is 0 Å². The molecule has 0 radical (unpaired) electrons. The van der Waals surface area contributed by atoms with Gasteiger partial charge in [0, 0.05) is 12.1 Å². The third kappa shape index (κ3) is 4.94. The summed E-state index contributed by atoms with van der Waals surface area (Å²) in [6, 6.07) is 0. The van der Waals surface area contributed by atoms with Crippen molar-refractivity contribution in [2.24, 2.45) is 0 Å². The van der Waals surface area contributed by atoms with E-state index in [1.807, 2.05) is 0 Å². The zero-order valence-electron chi connectivity index (χ0n) is 9.81. The van der Waals surface area contributed by atoms with Crippen LogP contribution in [0, 0.1) is 0 Å². The van der Waals surface area contributed by atoms with Gasteiger partial charge in [0.2, 0.25) is 0 Å². The van der Waals surface area contributed by atoms with Crippen molar-refractivity contribution in [3.63, 3.8) is 0 Å². The number of hydrogen-bond donors (Lipinski definition) is 2. The third-order valence-corrected chi connectivity index (χ3v) is 3.01. The highest BCUT2D eigenvalue weighted by Crippen LogP contribution is 2.18. The van der Waals surface area contributed by atoms with E-state index in [1.165, 1.54) is 0 Å². The molecular weight excluding hydrogens is 178 g/mol. The number of ether oxygens (including phenoxy) is 1. The summed E-state index contributed by atoms with van der Waals surface area (Å²) in [5, 5.41) is 12.1. The molecule has 0 amide bonds. The SMILES string of the molecule is CCC(CC)(CC)NCCOCCO. The van der Waals surface area contributed by atoms with Crippen molar-refractivity contribution >= 4 is 0 Å². The Kier molecular flexibility index (Phi) is 8.14. The molecule has 0 aliphatic rings. The van der Waals surface area contributed by atoms with E-state index in [0.29, 0.717) is 13.2 Å². The van der Waals surface area contributed by atoms with Gasteiger partial charge in [0.05, 0.1) is 19.8 Å². The smallest absolute Gasteiger partial charge is 0.0698 e. The fourth-order valence-electron chi connectivity index (χ4n) is 1.68. The first-order valence-corrected chi connectivity index (χ1v) is 5.68. The normalized spacial score (nSPS) is 12.0. The fourth-order valence-corrected chi connectivity index (χ4v) is 1.68. The van der Waals surface area contributed by atoms with Gasteiger partial charge in [-0.3, -0.25) is 0 Å². The highest BCUT2D eigenvalue weighted by atomic mass is 16.5. The maximum Gasteiger partial charge on any atom is 0.0698 e. The van der Waals surface area contributed by atoms with Crippen LogP contribution in [0.25, 0.3) is 0 Å². The highest BCUT2D eigenvalue weighted by molar-refractivity contribution is 4.83. The van der Waals surface area contributed by atoms with Gasteiger partial charge in [-0.25, -0.2) is 0 Å². The van der Waals surface area contributed by atoms with Crippen LogP contribution in [-0.2, 0) is 4.74 Å². The summed E-state index contributed by atoms with van der Waals surface area (Å²) in [6.45, 7) is 8.76. The number of aliphatic hydroxyl groups excluding tert-OH is 1. The first kappa shape index (κ1) is 13.9. The van der Waals surface area contributed by atoms with Crippen LogP contribution in [-0.4, -0.2) is 37.0 Å². The molecule has 0 aromatic heterocycles. The maximum absolute atomic E-state index is 8.52. The zero-order chi connectivity index (χ0) is 10.9. The molecule has 0 saturated carbocycles. The Labute approximate surface area is 87.8 Å². The van der Waals surface area contributed by atoms with E-state index in [-0.39, 0.29) is 12.1 Å². The Bertz CT molecular complexity index is 116. The van der Waals surface area contributed by atoms with Gasteiger partial charge < -0.3 is 15.2 Å². The van der Waals surface area contributed by atoms with Crippen molar-refractivity contribution in [3.05, 3.63) is 0 Å². The quantitative estimate of drug-likeness (QED) is 0.559. The minimum absolute atomic E-state index is 0.112. The van der Waals surface area contributed by atoms with E-state index in [9.17, 15) is 0 Å². The van der Waals surface area contributed by atoms with Crippen molar-refractivity contribution in [1.82, 2.24) is 5.32 Å². The van der Waals surface area contributed by atoms with Crippen LogP contribution in [0.2, 0.25) is 0 Å². The van der Waals surface area contributed by atoms with E-state index >= 15 is 0 Å². The molecule has 0 heterocycles. The molecule has 0 fully saturated rings. The van der Waals surface area contributed by atoms with Crippen LogP contribution >= 0.6 is 0 Å². The van der Waals surface area contributed by atoms with Gasteiger partial charge in [-0.1, -0.05) is 20.8 Å². The topological polar surface area (TPSA) is 41.5 Å². The summed E-state index contributed by atoms with van der Waals surface area (Å²) < 4.78 is 5.20. The largest absolute Gasteiger partial charge is 0.394 e. The molecular formula is C11H25NO2. The second-order valence-corrected chi connectivity index (χ2v) is 3.60. The van der Waals surface area contributed by atoms with E-state index in [1.54, 1.807) is 0 Å². The molecule has 0 aliphatic heterocycles. The lowest BCUT2D eigenvalue weighted by Gasteiger charge is -2.32. The first-order valence-electron chi connectivity index (χ1n) is 5.68. The molecule has 0 unspecified atom stereocenters. The van der Waals surface area contributed by atoms with Gasteiger partial charge in [-0.2, -0.15) is 0 Å². The average Bonchev–Trinajstić information content (AvgIpc) is 2.24.